The van der Waals surface area contributed by atoms with Crippen LogP contribution in [0, 0.1) is 0 Å². The average molecular weight is 493 g/mol. The fourth-order valence-corrected chi connectivity index (χ4v) is 4.69. The standard InChI is InChI=1S/C36H44O/c1-30(2)34-27-24-32(25-28-34)17-13-10-8-6-4-3-5-7-9-12-16-31-20-22-33(23-21-31)26-29-36(37)35-18-14-11-15-19-35/h11,14-15,18-29H,1,3-10,12-13,16-17H2,2H3. The van der Waals surface area contributed by atoms with E-state index in [2.05, 4.69) is 62.0 Å². The molecule has 3 aromatic carbocycles. The zero-order chi connectivity index (χ0) is 26.1. The van der Waals surface area contributed by atoms with Gasteiger partial charge in [-0.3, -0.25) is 4.79 Å². The normalized spacial score (nSPS) is 11.2. The molecule has 3 rings (SSSR count). The smallest absolute Gasteiger partial charge is 0.185 e. The van der Waals surface area contributed by atoms with Crippen molar-refractivity contribution in [1.82, 2.24) is 0 Å². The molecule has 3 aromatic rings. The second-order valence-electron chi connectivity index (χ2n) is 10.3. The molecular weight excluding hydrogens is 448 g/mol. The minimum absolute atomic E-state index is 0.0468. The minimum atomic E-state index is 0.0468. The third-order valence-corrected chi connectivity index (χ3v) is 7.09. The summed E-state index contributed by atoms with van der Waals surface area (Å²) < 4.78 is 0. The fraction of sp³-hybridized carbons (Fsp3) is 0.361. The fourth-order valence-electron chi connectivity index (χ4n) is 4.69. The maximum atomic E-state index is 12.2. The van der Waals surface area contributed by atoms with Gasteiger partial charge in [-0.15, -0.1) is 0 Å². The van der Waals surface area contributed by atoms with Crippen molar-refractivity contribution in [3.8, 4) is 0 Å². The summed E-state index contributed by atoms with van der Waals surface area (Å²) in [6, 6.07) is 27.0. The molecule has 0 radical (unpaired) electrons. The van der Waals surface area contributed by atoms with Gasteiger partial charge in [-0.25, -0.2) is 0 Å². The number of ketones is 1. The molecule has 0 aliphatic heterocycles. The van der Waals surface area contributed by atoms with Crippen molar-refractivity contribution < 1.29 is 4.79 Å². The summed E-state index contributed by atoms with van der Waals surface area (Å²) in [5.41, 5.74) is 7.03. The predicted octanol–water partition coefficient (Wildman–Crippen LogP) is 10.3. The monoisotopic (exact) mass is 492 g/mol. The summed E-state index contributed by atoms with van der Waals surface area (Å²) in [6.45, 7) is 6.07. The summed E-state index contributed by atoms with van der Waals surface area (Å²) in [5, 5.41) is 0. The van der Waals surface area contributed by atoms with Gasteiger partial charge in [0.05, 0.1) is 0 Å². The van der Waals surface area contributed by atoms with Crippen LogP contribution in [0.5, 0.6) is 0 Å². The van der Waals surface area contributed by atoms with Crippen LogP contribution in [-0.4, -0.2) is 5.78 Å². The Morgan fingerprint density at radius 3 is 1.54 bits per heavy atom. The van der Waals surface area contributed by atoms with E-state index in [0.29, 0.717) is 0 Å². The lowest BCUT2D eigenvalue weighted by Crippen LogP contribution is -1.92. The van der Waals surface area contributed by atoms with E-state index in [1.54, 1.807) is 6.08 Å². The Morgan fingerprint density at radius 2 is 1.05 bits per heavy atom. The highest BCUT2D eigenvalue weighted by atomic mass is 16.1. The van der Waals surface area contributed by atoms with E-state index >= 15 is 0 Å². The summed E-state index contributed by atoms with van der Waals surface area (Å²) in [7, 11) is 0. The van der Waals surface area contributed by atoms with E-state index in [9.17, 15) is 4.79 Å². The highest BCUT2D eigenvalue weighted by molar-refractivity contribution is 6.06. The molecule has 0 aliphatic carbocycles. The van der Waals surface area contributed by atoms with Crippen LogP contribution in [0.1, 0.15) is 104 Å². The van der Waals surface area contributed by atoms with E-state index in [-0.39, 0.29) is 5.78 Å². The van der Waals surface area contributed by atoms with Crippen LogP contribution >= 0.6 is 0 Å². The number of hydrogen-bond donors (Lipinski definition) is 0. The second kappa shape index (κ2) is 16.5. The largest absolute Gasteiger partial charge is 0.289 e. The molecule has 0 fully saturated rings. The molecule has 0 atom stereocenters. The lowest BCUT2D eigenvalue weighted by atomic mass is 10.0. The Balaban J connectivity index is 1.16. The minimum Gasteiger partial charge on any atom is -0.289 e. The van der Waals surface area contributed by atoms with Crippen LogP contribution in [-0.2, 0) is 12.8 Å². The van der Waals surface area contributed by atoms with Crippen molar-refractivity contribution in [2.75, 3.05) is 0 Å². The lowest BCUT2D eigenvalue weighted by molar-refractivity contribution is 0.104. The van der Waals surface area contributed by atoms with Gasteiger partial charge in [-0.1, -0.05) is 148 Å². The van der Waals surface area contributed by atoms with Crippen LogP contribution in [0.2, 0.25) is 0 Å². The topological polar surface area (TPSA) is 17.1 Å². The summed E-state index contributed by atoms with van der Waals surface area (Å²) >= 11 is 0. The number of carbonyl (C=O) groups excluding carboxylic acids is 1. The number of benzene rings is 3. The van der Waals surface area contributed by atoms with Gasteiger partial charge in [0.15, 0.2) is 5.78 Å². The Labute approximate surface area is 225 Å². The van der Waals surface area contributed by atoms with E-state index in [1.807, 2.05) is 36.4 Å². The van der Waals surface area contributed by atoms with Gasteiger partial charge in [-0.05, 0) is 60.9 Å². The summed E-state index contributed by atoms with van der Waals surface area (Å²) in [5.74, 6) is 0.0468. The number of unbranched alkanes of at least 4 members (excludes halogenated alkanes) is 9. The molecule has 0 amide bonds. The van der Waals surface area contributed by atoms with Crippen LogP contribution < -0.4 is 0 Å². The van der Waals surface area contributed by atoms with Gasteiger partial charge in [0.2, 0.25) is 0 Å². The molecule has 0 saturated carbocycles. The lowest BCUT2D eigenvalue weighted by Gasteiger charge is -2.05. The first kappa shape index (κ1) is 28.4. The predicted molar refractivity (Wildman–Crippen MR) is 161 cm³/mol. The molecule has 0 heterocycles. The summed E-state index contributed by atoms with van der Waals surface area (Å²) in [4.78, 5) is 12.2. The number of rotatable bonds is 17. The summed E-state index contributed by atoms with van der Waals surface area (Å²) in [6.07, 6.45) is 19.4. The number of aryl methyl sites for hydroxylation is 2. The van der Waals surface area contributed by atoms with Crippen LogP contribution in [0.15, 0.2) is 91.5 Å². The van der Waals surface area contributed by atoms with Gasteiger partial charge < -0.3 is 0 Å². The average Bonchev–Trinajstić information content (AvgIpc) is 2.93. The molecular formula is C36H44O. The van der Waals surface area contributed by atoms with E-state index in [4.69, 9.17) is 0 Å². The first-order chi connectivity index (χ1) is 18.1. The van der Waals surface area contributed by atoms with E-state index < -0.39 is 0 Å². The molecule has 194 valence electrons. The molecule has 0 saturated heterocycles. The van der Waals surface area contributed by atoms with Gasteiger partial charge >= 0.3 is 0 Å². The molecule has 0 bridgehead atoms. The molecule has 0 aliphatic rings. The molecule has 0 aromatic heterocycles. The van der Waals surface area contributed by atoms with Crippen molar-refractivity contribution in [2.45, 2.75) is 84.0 Å². The second-order valence-corrected chi connectivity index (χ2v) is 10.3. The van der Waals surface area contributed by atoms with Crippen molar-refractivity contribution >= 4 is 17.4 Å². The third kappa shape index (κ3) is 11.2. The van der Waals surface area contributed by atoms with E-state index in [0.717, 1.165) is 23.1 Å². The van der Waals surface area contributed by atoms with Crippen molar-refractivity contribution in [1.29, 1.82) is 0 Å². The third-order valence-electron chi connectivity index (χ3n) is 7.09. The maximum Gasteiger partial charge on any atom is 0.185 e. The molecule has 1 heteroatoms. The SMILES string of the molecule is C=C(C)c1ccc(CCCCCCCCCCCCc2ccc(C=CC(=O)c3ccccc3)cc2)cc1. The number of allylic oxidation sites excluding steroid dienone is 2. The zero-order valence-corrected chi connectivity index (χ0v) is 22.8. The van der Waals surface area contributed by atoms with E-state index in [1.165, 1.54) is 87.3 Å². The molecule has 0 unspecified atom stereocenters. The van der Waals surface area contributed by atoms with Crippen molar-refractivity contribution in [3.63, 3.8) is 0 Å². The van der Waals surface area contributed by atoms with Crippen molar-refractivity contribution in [2.24, 2.45) is 0 Å². The quantitative estimate of drug-likeness (QED) is 0.104. The molecule has 0 N–H and O–H groups in total. The molecule has 37 heavy (non-hydrogen) atoms. The first-order valence-corrected chi connectivity index (χ1v) is 14.2. The number of hydrogen-bond acceptors (Lipinski definition) is 1. The Morgan fingerprint density at radius 1 is 0.595 bits per heavy atom. The molecule has 1 nitrogen and oxygen atoms in total. The zero-order valence-electron chi connectivity index (χ0n) is 22.8. The Bertz CT molecular complexity index is 1090. The number of carbonyl (C=O) groups is 1. The maximum absolute atomic E-state index is 12.2. The Kier molecular flexibility index (Phi) is 12.7. The van der Waals surface area contributed by atoms with Gasteiger partial charge in [0.25, 0.3) is 0 Å². The first-order valence-electron chi connectivity index (χ1n) is 14.2. The molecule has 0 spiro atoms. The Hall–Kier alpha value is -3.19. The van der Waals surface area contributed by atoms with Gasteiger partial charge in [0.1, 0.15) is 0 Å². The van der Waals surface area contributed by atoms with Gasteiger partial charge in [0, 0.05) is 5.56 Å². The van der Waals surface area contributed by atoms with Crippen LogP contribution in [0.4, 0.5) is 0 Å². The van der Waals surface area contributed by atoms with Gasteiger partial charge in [-0.2, -0.15) is 0 Å². The van der Waals surface area contributed by atoms with Crippen LogP contribution in [0.3, 0.4) is 0 Å². The van der Waals surface area contributed by atoms with Crippen molar-refractivity contribution in [3.05, 3.63) is 119 Å². The highest BCUT2D eigenvalue weighted by Gasteiger charge is 2.00. The van der Waals surface area contributed by atoms with Crippen LogP contribution in [0.25, 0.3) is 11.6 Å². The highest BCUT2D eigenvalue weighted by Crippen LogP contribution is 2.16.